The molecule has 0 aliphatic carbocycles. The maximum Gasteiger partial charge on any atom is 0.277 e. The van der Waals surface area contributed by atoms with Gasteiger partial charge in [0.15, 0.2) is 18.2 Å². The Bertz CT molecular complexity index is 776. The lowest BCUT2D eigenvalue weighted by Gasteiger charge is -2.21. The van der Waals surface area contributed by atoms with Gasteiger partial charge in [0.25, 0.3) is 5.91 Å². The van der Waals surface area contributed by atoms with Gasteiger partial charge < -0.3 is 14.7 Å². The fourth-order valence-corrected chi connectivity index (χ4v) is 2.34. The molecular formula is C19H22FN3O3. The second-order valence-corrected chi connectivity index (χ2v) is 5.43. The highest BCUT2D eigenvalue weighted by molar-refractivity contribution is 5.86. The number of benzene rings is 2. The van der Waals surface area contributed by atoms with Crippen LogP contribution < -0.4 is 15.1 Å². The predicted molar refractivity (Wildman–Crippen MR) is 99.3 cm³/mol. The molecule has 0 saturated carbocycles. The average molecular weight is 359 g/mol. The number of phenols is 1. The largest absolute Gasteiger partial charge is 0.507 e. The lowest BCUT2D eigenvalue weighted by molar-refractivity contribution is -0.123. The van der Waals surface area contributed by atoms with Gasteiger partial charge in [0.05, 0.1) is 6.21 Å². The molecule has 2 N–H and O–H groups in total. The van der Waals surface area contributed by atoms with Crippen molar-refractivity contribution in [2.45, 2.75) is 13.8 Å². The highest BCUT2D eigenvalue weighted by atomic mass is 19.1. The summed E-state index contributed by atoms with van der Waals surface area (Å²) in [5.41, 5.74) is 3.65. The number of hydrazone groups is 1. The number of aromatic hydroxyl groups is 1. The third-order valence-corrected chi connectivity index (χ3v) is 3.73. The monoisotopic (exact) mass is 359 g/mol. The number of carbonyl (C=O) groups excluding carboxylic acids is 1. The van der Waals surface area contributed by atoms with E-state index in [2.05, 4.69) is 15.4 Å². The van der Waals surface area contributed by atoms with Crippen LogP contribution in [0, 0.1) is 5.82 Å². The SMILES string of the molecule is CCN(CC)c1ccc(/C=N/NC(=O)COc2ccccc2F)c(O)c1. The minimum Gasteiger partial charge on any atom is -0.507 e. The number of carbonyl (C=O) groups is 1. The summed E-state index contributed by atoms with van der Waals surface area (Å²) in [5, 5.41) is 13.9. The molecule has 0 heterocycles. The van der Waals surface area contributed by atoms with Gasteiger partial charge in [0.2, 0.25) is 0 Å². The highest BCUT2D eigenvalue weighted by Crippen LogP contribution is 2.23. The first-order chi connectivity index (χ1) is 12.5. The van der Waals surface area contributed by atoms with Crippen molar-refractivity contribution in [3.05, 3.63) is 53.8 Å². The van der Waals surface area contributed by atoms with E-state index in [1.54, 1.807) is 18.2 Å². The first-order valence-electron chi connectivity index (χ1n) is 8.32. The molecule has 2 rings (SSSR count). The van der Waals surface area contributed by atoms with Gasteiger partial charge in [0, 0.05) is 30.4 Å². The predicted octanol–water partition coefficient (Wildman–Crippen LogP) is 2.91. The Kier molecular flexibility index (Phi) is 6.96. The summed E-state index contributed by atoms with van der Waals surface area (Å²) >= 11 is 0. The number of phenolic OH excluding ortho intramolecular Hbond substituents is 1. The molecule has 138 valence electrons. The number of hydrogen-bond donors (Lipinski definition) is 2. The zero-order chi connectivity index (χ0) is 18.9. The minimum absolute atomic E-state index is 0.00346. The number of nitrogens with zero attached hydrogens (tertiary/aromatic N) is 2. The van der Waals surface area contributed by atoms with Gasteiger partial charge in [0.1, 0.15) is 5.75 Å². The summed E-state index contributed by atoms with van der Waals surface area (Å²) in [4.78, 5) is 13.8. The van der Waals surface area contributed by atoms with Crippen LogP contribution >= 0.6 is 0 Å². The third kappa shape index (κ3) is 5.20. The van der Waals surface area contributed by atoms with Crippen LogP contribution in [0.5, 0.6) is 11.5 Å². The molecule has 0 saturated heterocycles. The van der Waals surface area contributed by atoms with Crippen molar-refractivity contribution < 1.29 is 19.0 Å². The van der Waals surface area contributed by atoms with Crippen LogP contribution in [0.25, 0.3) is 0 Å². The summed E-state index contributed by atoms with van der Waals surface area (Å²) in [6.45, 7) is 5.37. The lowest BCUT2D eigenvalue weighted by Crippen LogP contribution is -2.24. The van der Waals surface area contributed by atoms with Gasteiger partial charge in [-0.1, -0.05) is 12.1 Å². The number of hydrogen-bond acceptors (Lipinski definition) is 5. The highest BCUT2D eigenvalue weighted by Gasteiger charge is 2.07. The van der Waals surface area contributed by atoms with E-state index in [4.69, 9.17) is 4.74 Å². The van der Waals surface area contributed by atoms with E-state index in [0.717, 1.165) is 18.8 Å². The fourth-order valence-electron chi connectivity index (χ4n) is 2.34. The Morgan fingerprint density at radius 3 is 2.65 bits per heavy atom. The number of ether oxygens (including phenoxy) is 1. The Hall–Kier alpha value is -3.09. The molecule has 0 spiro atoms. The van der Waals surface area contributed by atoms with Crippen molar-refractivity contribution in [2.24, 2.45) is 5.10 Å². The molecule has 26 heavy (non-hydrogen) atoms. The second-order valence-electron chi connectivity index (χ2n) is 5.43. The molecule has 0 aromatic heterocycles. The molecule has 1 amide bonds. The zero-order valence-corrected chi connectivity index (χ0v) is 14.8. The molecule has 2 aromatic rings. The van der Waals surface area contributed by atoms with E-state index >= 15 is 0 Å². The molecular weight excluding hydrogens is 337 g/mol. The molecule has 0 aliphatic heterocycles. The van der Waals surface area contributed by atoms with E-state index in [0.29, 0.717) is 5.56 Å². The van der Waals surface area contributed by atoms with Gasteiger partial charge in [-0.3, -0.25) is 4.79 Å². The Morgan fingerprint density at radius 1 is 1.27 bits per heavy atom. The molecule has 2 aromatic carbocycles. The molecule has 0 atom stereocenters. The Balaban J connectivity index is 1.89. The molecule has 0 radical (unpaired) electrons. The topological polar surface area (TPSA) is 74.2 Å². The maximum absolute atomic E-state index is 13.4. The number of anilines is 1. The average Bonchev–Trinajstić information content (AvgIpc) is 2.64. The summed E-state index contributed by atoms with van der Waals surface area (Å²) in [5.74, 6) is -1.02. The Labute approximate surface area is 151 Å². The van der Waals surface area contributed by atoms with Crippen LogP contribution in [-0.2, 0) is 4.79 Å². The van der Waals surface area contributed by atoms with Crippen molar-refractivity contribution in [1.29, 1.82) is 0 Å². The van der Waals surface area contributed by atoms with Gasteiger partial charge in [-0.05, 0) is 38.1 Å². The molecule has 0 fully saturated rings. The van der Waals surface area contributed by atoms with Crippen molar-refractivity contribution in [3.63, 3.8) is 0 Å². The number of halogens is 1. The number of amides is 1. The van der Waals surface area contributed by atoms with Gasteiger partial charge in [-0.15, -0.1) is 0 Å². The standard InChI is InChI=1S/C19H22FN3O3/c1-3-23(4-2)15-10-9-14(17(24)11-15)12-21-22-19(25)13-26-18-8-6-5-7-16(18)20/h5-12,24H,3-4,13H2,1-2H3,(H,22,25)/b21-12+. The van der Waals surface area contributed by atoms with Crippen molar-refractivity contribution in [2.75, 3.05) is 24.6 Å². The molecule has 0 aliphatic rings. The lowest BCUT2D eigenvalue weighted by atomic mass is 10.2. The van der Waals surface area contributed by atoms with E-state index in [1.807, 2.05) is 19.9 Å². The van der Waals surface area contributed by atoms with Gasteiger partial charge in [-0.25, -0.2) is 9.82 Å². The van der Waals surface area contributed by atoms with Gasteiger partial charge >= 0.3 is 0 Å². The first kappa shape index (κ1) is 19.2. The molecule has 0 unspecified atom stereocenters. The van der Waals surface area contributed by atoms with Crippen molar-refractivity contribution >= 4 is 17.8 Å². The van der Waals surface area contributed by atoms with Crippen LogP contribution in [0.1, 0.15) is 19.4 Å². The van der Waals surface area contributed by atoms with E-state index < -0.39 is 11.7 Å². The number of nitrogens with one attached hydrogen (secondary N) is 1. The van der Waals surface area contributed by atoms with Crippen molar-refractivity contribution in [3.8, 4) is 11.5 Å². The smallest absolute Gasteiger partial charge is 0.277 e. The van der Waals surface area contributed by atoms with Gasteiger partial charge in [-0.2, -0.15) is 5.10 Å². The number of para-hydroxylation sites is 1. The van der Waals surface area contributed by atoms with E-state index in [1.165, 1.54) is 24.4 Å². The summed E-state index contributed by atoms with van der Waals surface area (Å²) in [7, 11) is 0. The minimum atomic E-state index is -0.540. The first-order valence-corrected chi connectivity index (χ1v) is 8.32. The van der Waals surface area contributed by atoms with Crippen molar-refractivity contribution in [1.82, 2.24) is 5.43 Å². The van der Waals surface area contributed by atoms with E-state index in [9.17, 15) is 14.3 Å². The Morgan fingerprint density at radius 2 is 2.00 bits per heavy atom. The second kappa shape index (κ2) is 9.41. The van der Waals surface area contributed by atoms with E-state index in [-0.39, 0.29) is 18.1 Å². The van der Waals surface area contributed by atoms with Crippen LogP contribution in [-0.4, -0.2) is 36.9 Å². The quantitative estimate of drug-likeness (QED) is 0.561. The number of rotatable bonds is 8. The zero-order valence-electron chi connectivity index (χ0n) is 14.8. The summed E-state index contributed by atoms with van der Waals surface area (Å²) in [6, 6.07) is 11.1. The third-order valence-electron chi connectivity index (χ3n) is 3.73. The normalized spacial score (nSPS) is 10.7. The van der Waals surface area contributed by atoms with Crippen LogP contribution in [0.2, 0.25) is 0 Å². The van der Waals surface area contributed by atoms with Crippen LogP contribution in [0.3, 0.4) is 0 Å². The summed E-state index contributed by atoms with van der Waals surface area (Å²) in [6.07, 6.45) is 1.34. The fraction of sp³-hybridized carbons (Fsp3) is 0.263. The molecule has 6 nitrogen and oxygen atoms in total. The van der Waals surface area contributed by atoms with Crippen LogP contribution in [0.15, 0.2) is 47.6 Å². The molecule has 7 heteroatoms. The van der Waals surface area contributed by atoms with Crippen LogP contribution in [0.4, 0.5) is 10.1 Å². The molecule has 0 bridgehead atoms. The summed E-state index contributed by atoms with van der Waals surface area (Å²) < 4.78 is 18.5. The maximum atomic E-state index is 13.4.